The lowest BCUT2D eigenvalue weighted by molar-refractivity contribution is -0.116. The van der Waals surface area contributed by atoms with Crippen LogP contribution < -0.4 is 21.3 Å². The van der Waals surface area contributed by atoms with Crippen LogP contribution in [0.25, 0.3) is 27.6 Å². The first kappa shape index (κ1) is 23.2. The molecule has 0 aliphatic heterocycles. The van der Waals surface area contributed by atoms with Gasteiger partial charge in [-0.15, -0.1) is 0 Å². The van der Waals surface area contributed by atoms with Gasteiger partial charge in [0.1, 0.15) is 17.8 Å². The van der Waals surface area contributed by atoms with Crippen molar-refractivity contribution in [2.24, 2.45) is 7.05 Å². The van der Waals surface area contributed by atoms with Crippen LogP contribution in [0.2, 0.25) is 0 Å². The summed E-state index contributed by atoms with van der Waals surface area (Å²) in [5.74, 6) is 0.283. The van der Waals surface area contributed by atoms with Gasteiger partial charge in [-0.2, -0.15) is 0 Å². The number of ether oxygens (including phenoxy) is 1. The Bertz CT molecular complexity index is 1760. The molecule has 0 fully saturated rings. The lowest BCUT2D eigenvalue weighted by Crippen LogP contribution is -2.41. The van der Waals surface area contributed by atoms with Gasteiger partial charge in [-0.25, -0.2) is 9.36 Å². The van der Waals surface area contributed by atoms with E-state index in [-0.39, 0.29) is 12.5 Å². The molecule has 0 unspecified atom stereocenters. The molecule has 0 saturated carbocycles. The molecule has 5 aromatic rings. The number of amides is 1. The molecular formula is C28H26N4O4. The van der Waals surface area contributed by atoms with E-state index in [0.717, 1.165) is 26.6 Å². The highest BCUT2D eigenvalue weighted by Gasteiger charge is 2.23. The first-order valence-electron chi connectivity index (χ1n) is 11.5. The van der Waals surface area contributed by atoms with Gasteiger partial charge in [-0.05, 0) is 61.9 Å². The smallest absolute Gasteiger partial charge is 0.336 e. The first-order valence-corrected chi connectivity index (χ1v) is 11.5. The standard InChI is InChI=1S/C28H26N4O4/c1-17-9-14-23-21(15-17)25-26(30(23)3)27(34)32(22-8-6-5-7-18(22)2)28(35)31(25)16-24(33)29-19-10-12-20(36-4)13-11-19/h5-15H,16H2,1-4H3,(H,29,33). The molecular weight excluding hydrogens is 456 g/mol. The van der Waals surface area contributed by atoms with Gasteiger partial charge in [-0.3, -0.25) is 14.2 Å². The van der Waals surface area contributed by atoms with Crippen molar-refractivity contribution in [2.75, 3.05) is 12.4 Å². The van der Waals surface area contributed by atoms with Crippen LogP contribution >= 0.6 is 0 Å². The minimum absolute atomic E-state index is 0.263. The third-order valence-corrected chi connectivity index (χ3v) is 6.46. The van der Waals surface area contributed by atoms with Gasteiger partial charge in [0.2, 0.25) is 5.91 Å². The average molecular weight is 483 g/mol. The van der Waals surface area contributed by atoms with Crippen molar-refractivity contribution >= 4 is 33.5 Å². The molecule has 182 valence electrons. The molecule has 0 saturated heterocycles. The average Bonchev–Trinajstić information content (AvgIpc) is 3.15. The van der Waals surface area contributed by atoms with Crippen LogP contribution in [-0.4, -0.2) is 26.7 Å². The second kappa shape index (κ2) is 8.88. The number of carbonyl (C=O) groups excluding carboxylic acids is 1. The highest BCUT2D eigenvalue weighted by atomic mass is 16.5. The van der Waals surface area contributed by atoms with E-state index in [4.69, 9.17) is 4.74 Å². The number of aromatic nitrogens is 3. The van der Waals surface area contributed by atoms with Gasteiger partial charge in [0.15, 0.2) is 0 Å². The fraction of sp³-hybridized carbons (Fsp3) is 0.179. The van der Waals surface area contributed by atoms with Crippen molar-refractivity contribution in [3.05, 3.63) is 98.7 Å². The quantitative estimate of drug-likeness (QED) is 0.412. The fourth-order valence-electron chi connectivity index (χ4n) is 4.66. The van der Waals surface area contributed by atoms with Crippen molar-refractivity contribution < 1.29 is 9.53 Å². The van der Waals surface area contributed by atoms with E-state index in [2.05, 4.69) is 5.32 Å². The Labute approximate surface area is 207 Å². The second-order valence-electron chi connectivity index (χ2n) is 8.85. The molecule has 2 aromatic heterocycles. The van der Waals surface area contributed by atoms with Crippen molar-refractivity contribution in [1.82, 2.24) is 13.7 Å². The van der Waals surface area contributed by atoms with Crippen molar-refractivity contribution in [1.29, 1.82) is 0 Å². The number of fused-ring (bicyclic) bond motifs is 3. The van der Waals surface area contributed by atoms with Gasteiger partial charge in [0, 0.05) is 18.1 Å². The Balaban J connectivity index is 1.75. The maximum absolute atomic E-state index is 13.9. The zero-order chi connectivity index (χ0) is 25.6. The third-order valence-electron chi connectivity index (χ3n) is 6.46. The zero-order valence-electron chi connectivity index (χ0n) is 20.5. The number of aryl methyl sites for hydroxylation is 3. The molecule has 0 radical (unpaired) electrons. The van der Waals surface area contributed by atoms with Crippen molar-refractivity contribution in [3.63, 3.8) is 0 Å². The van der Waals surface area contributed by atoms with E-state index in [9.17, 15) is 14.4 Å². The maximum atomic E-state index is 13.9. The highest BCUT2D eigenvalue weighted by molar-refractivity contribution is 6.06. The van der Waals surface area contributed by atoms with Crippen LogP contribution in [0, 0.1) is 13.8 Å². The Hall–Kier alpha value is -4.59. The molecule has 0 bridgehead atoms. The number of benzene rings is 3. The number of hydrogen-bond donors (Lipinski definition) is 1. The number of methoxy groups -OCH3 is 1. The van der Waals surface area contributed by atoms with E-state index in [1.807, 2.05) is 44.2 Å². The van der Waals surface area contributed by atoms with Crippen LogP contribution in [0.3, 0.4) is 0 Å². The highest BCUT2D eigenvalue weighted by Crippen LogP contribution is 2.27. The van der Waals surface area contributed by atoms with E-state index >= 15 is 0 Å². The van der Waals surface area contributed by atoms with Crippen molar-refractivity contribution in [2.45, 2.75) is 20.4 Å². The zero-order valence-corrected chi connectivity index (χ0v) is 20.5. The molecule has 8 nitrogen and oxygen atoms in total. The molecule has 5 rings (SSSR count). The van der Waals surface area contributed by atoms with Crippen LogP contribution in [0.4, 0.5) is 5.69 Å². The minimum Gasteiger partial charge on any atom is -0.497 e. The lowest BCUT2D eigenvalue weighted by atomic mass is 10.1. The van der Waals surface area contributed by atoms with Gasteiger partial charge in [-0.1, -0.05) is 29.8 Å². The molecule has 0 aliphatic carbocycles. The van der Waals surface area contributed by atoms with E-state index in [1.54, 1.807) is 55.1 Å². The largest absolute Gasteiger partial charge is 0.497 e. The number of anilines is 1. The first-order chi connectivity index (χ1) is 17.3. The Morgan fingerprint density at radius 1 is 0.944 bits per heavy atom. The molecule has 8 heteroatoms. The summed E-state index contributed by atoms with van der Waals surface area (Å²) in [6, 6.07) is 20.0. The van der Waals surface area contributed by atoms with Gasteiger partial charge in [0.25, 0.3) is 5.56 Å². The molecule has 1 N–H and O–H groups in total. The second-order valence-corrected chi connectivity index (χ2v) is 8.85. The molecule has 0 spiro atoms. The Morgan fingerprint density at radius 3 is 2.36 bits per heavy atom. The fourth-order valence-corrected chi connectivity index (χ4v) is 4.66. The van der Waals surface area contributed by atoms with Gasteiger partial charge >= 0.3 is 5.69 Å². The molecule has 36 heavy (non-hydrogen) atoms. The summed E-state index contributed by atoms with van der Waals surface area (Å²) in [4.78, 5) is 40.8. The van der Waals surface area contributed by atoms with E-state index in [1.165, 1.54) is 4.57 Å². The number of hydrogen-bond acceptors (Lipinski definition) is 4. The normalized spacial score (nSPS) is 11.2. The SMILES string of the molecule is COc1ccc(NC(=O)Cn2c(=O)n(-c3ccccc3C)c(=O)c3c2c2cc(C)ccc2n3C)cc1. The van der Waals surface area contributed by atoms with Crippen LogP contribution in [-0.2, 0) is 18.4 Å². The summed E-state index contributed by atoms with van der Waals surface area (Å²) < 4.78 is 9.51. The van der Waals surface area contributed by atoms with Crippen LogP contribution in [0.15, 0.2) is 76.3 Å². The molecule has 0 atom stereocenters. The van der Waals surface area contributed by atoms with Gasteiger partial charge < -0.3 is 14.6 Å². The predicted molar refractivity (Wildman–Crippen MR) is 141 cm³/mol. The molecule has 2 heterocycles. The van der Waals surface area contributed by atoms with E-state index in [0.29, 0.717) is 28.2 Å². The summed E-state index contributed by atoms with van der Waals surface area (Å²) >= 11 is 0. The number of nitrogens with one attached hydrogen (secondary N) is 1. The Kier molecular flexibility index (Phi) is 5.72. The molecule has 3 aromatic carbocycles. The summed E-state index contributed by atoms with van der Waals surface area (Å²) in [6.07, 6.45) is 0. The van der Waals surface area contributed by atoms with E-state index < -0.39 is 11.2 Å². The van der Waals surface area contributed by atoms with Gasteiger partial charge in [0.05, 0.1) is 23.8 Å². The maximum Gasteiger partial charge on any atom is 0.336 e. The Morgan fingerprint density at radius 2 is 1.67 bits per heavy atom. The third kappa shape index (κ3) is 3.76. The number of nitrogens with zero attached hydrogens (tertiary/aromatic N) is 3. The summed E-state index contributed by atoms with van der Waals surface area (Å²) in [5, 5.41) is 3.58. The summed E-state index contributed by atoms with van der Waals surface area (Å²) in [7, 11) is 3.37. The molecule has 1 amide bonds. The lowest BCUT2D eigenvalue weighted by Gasteiger charge is -2.15. The number of rotatable bonds is 5. The summed E-state index contributed by atoms with van der Waals surface area (Å²) in [5.41, 5.74) is 3.44. The summed E-state index contributed by atoms with van der Waals surface area (Å²) in [6.45, 7) is 3.53. The van der Waals surface area contributed by atoms with Crippen LogP contribution in [0.1, 0.15) is 11.1 Å². The molecule has 0 aliphatic rings. The van der Waals surface area contributed by atoms with Crippen molar-refractivity contribution in [3.8, 4) is 11.4 Å². The minimum atomic E-state index is -0.569. The topological polar surface area (TPSA) is 87.3 Å². The predicted octanol–water partition coefficient (Wildman–Crippen LogP) is 3.91. The monoisotopic (exact) mass is 482 g/mol. The number of para-hydroxylation sites is 1. The number of carbonyl (C=O) groups is 1. The van der Waals surface area contributed by atoms with Crippen LogP contribution in [0.5, 0.6) is 5.75 Å².